The molecule has 144 valence electrons. The maximum Gasteiger partial charge on any atom is 0.253 e. The molecule has 0 heterocycles. The van der Waals surface area contributed by atoms with E-state index < -0.39 is 0 Å². The summed E-state index contributed by atoms with van der Waals surface area (Å²) in [6.07, 6.45) is 1.02. The van der Waals surface area contributed by atoms with Crippen molar-refractivity contribution in [3.63, 3.8) is 0 Å². The molecule has 2 N–H and O–H groups in total. The molecule has 0 aromatic heterocycles. The molecule has 0 saturated heterocycles. The molecule has 0 aliphatic rings. The molecule has 0 aliphatic heterocycles. The Bertz CT molecular complexity index is 749. The van der Waals surface area contributed by atoms with E-state index in [2.05, 4.69) is 22.8 Å². The molecule has 4 nitrogen and oxygen atoms in total. The predicted octanol–water partition coefficient (Wildman–Crippen LogP) is 4.65. The Balaban J connectivity index is 1.62. The van der Waals surface area contributed by atoms with Gasteiger partial charge in [0.25, 0.3) is 5.91 Å². The minimum atomic E-state index is -0.0154. The predicted molar refractivity (Wildman–Crippen MR) is 121 cm³/mol. The number of nitrogens with one attached hydrogen (secondary N) is 2. The highest BCUT2D eigenvalue weighted by atomic mass is 35.5. The van der Waals surface area contributed by atoms with E-state index >= 15 is 0 Å². The van der Waals surface area contributed by atoms with Crippen LogP contribution in [0, 0.1) is 0 Å². The zero-order valence-electron chi connectivity index (χ0n) is 15.5. The van der Waals surface area contributed by atoms with Crippen LogP contribution in [0.15, 0.2) is 48.5 Å². The normalized spacial score (nSPS) is 10.3. The Morgan fingerprint density at radius 3 is 2.41 bits per heavy atom. The molecule has 0 radical (unpaired) electrons. The van der Waals surface area contributed by atoms with Crippen molar-refractivity contribution in [3.05, 3.63) is 64.7 Å². The van der Waals surface area contributed by atoms with Gasteiger partial charge in [-0.05, 0) is 66.4 Å². The third-order valence-corrected chi connectivity index (χ3v) is 5.34. The average molecular weight is 422 g/mol. The first-order valence-corrected chi connectivity index (χ1v) is 10.6. The van der Waals surface area contributed by atoms with E-state index in [-0.39, 0.29) is 5.91 Å². The molecule has 0 atom stereocenters. The van der Waals surface area contributed by atoms with Gasteiger partial charge in [-0.15, -0.1) is 0 Å². The van der Waals surface area contributed by atoms with Crippen molar-refractivity contribution in [1.29, 1.82) is 0 Å². The summed E-state index contributed by atoms with van der Waals surface area (Å²) in [4.78, 5) is 13.4. The Hall–Kier alpha value is -1.76. The molecule has 0 bridgehead atoms. The first kappa shape index (κ1) is 21.5. The van der Waals surface area contributed by atoms with Gasteiger partial charge in [0, 0.05) is 42.7 Å². The minimum Gasteiger partial charge on any atom is -0.362 e. The van der Waals surface area contributed by atoms with Crippen molar-refractivity contribution in [3.8, 4) is 0 Å². The molecule has 2 rings (SSSR count). The Morgan fingerprint density at radius 2 is 1.78 bits per heavy atom. The van der Waals surface area contributed by atoms with E-state index in [1.807, 2.05) is 36.0 Å². The quantitative estimate of drug-likeness (QED) is 0.479. The van der Waals surface area contributed by atoms with Crippen LogP contribution in [0.4, 0.5) is 5.69 Å². The number of rotatable bonds is 8. The van der Waals surface area contributed by atoms with Gasteiger partial charge in [0.15, 0.2) is 5.11 Å². The molecule has 7 heteroatoms. The summed E-state index contributed by atoms with van der Waals surface area (Å²) in [6, 6.07) is 15.3. The highest BCUT2D eigenvalue weighted by Gasteiger charge is 2.07. The number of thioether (sulfide) groups is 1. The fraction of sp³-hybridized carbons (Fsp3) is 0.300. The Kier molecular flexibility index (Phi) is 8.91. The molecule has 0 saturated carbocycles. The van der Waals surface area contributed by atoms with Crippen LogP contribution in [0.3, 0.4) is 0 Å². The van der Waals surface area contributed by atoms with Crippen molar-refractivity contribution < 1.29 is 4.79 Å². The summed E-state index contributed by atoms with van der Waals surface area (Å²) < 4.78 is 0. The molecule has 27 heavy (non-hydrogen) atoms. The molecule has 0 fully saturated rings. The first-order valence-electron chi connectivity index (χ1n) is 8.64. The number of hydrogen-bond donors (Lipinski definition) is 2. The molecular formula is C20H24ClN3OS2. The smallest absolute Gasteiger partial charge is 0.253 e. The molecule has 0 aliphatic carbocycles. The van der Waals surface area contributed by atoms with E-state index in [4.69, 9.17) is 23.8 Å². The number of nitrogens with zero attached hydrogens (tertiary/aromatic N) is 1. The maximum atomic E-state index is 11.9. The number of benzene rings is 2. The van der Waals surface area contributed by atoms with Crippen LogP contribution in [0.2, 0.25) is 5.02 Å². The summed E-state index contributed by atoms with van der Waals surface area (Å²) in [5, 5.41) is 7.70. The maximum absolute atomic E-state index is 11.9. The number of carbonyl (C=O) groups is 1. The second kappa shape index (κ2) is 11.2. The zero-order valence-corrected chi connectivity index (χ0v) is 17.9. The van der Waals surface area contributed by atoms with Crippen molar-refractivity contribution in [2.24, 2.45) is 0 Å². The van der Waals surface area contributed by atoms with E-state index in [0.29, 0.717) is 10.7 Å². The molecular weight excluding hydrogens is 398 g/mol. The lowest BCUT2D eigenvalue weighted by molar-refractivity contribution is 0.0827. The van der Waals surface area contributed by atoms with Crippen LogP contribution >= 0.6 is 35.6 Å². The van der Waals surface area contributed by atoms with Gasteiger partial charge in [-0.25, -0.2) is 0 Å². The molecule has 2 aromatic rings. The lowest BCUT2D eigenvalue weighted by atomic mass is 10.2. The fourth-order valence-corrected chi connectivity index (χ4v) is 3.54. The SMILES string of the molecule is CN(C)C(=O)c1ccc(NC(=S)NCCCSCc2ccc(Cl)cc2)cc1. The molecule has 1 amide bonds. The van der Waals surface area contributed by atoms with E-state index in [9.17, 15) is 4.79 Å². The minimum absolute atomic E-state index is 0.0154. The van der Waals surface area contributed by atoms with Crippen molar-refractivity contribution in [2.75, 3.05) is 31.7 Å². The number of carbonyl (C=O) groups excluding carboxylic acids is 1. The van der Waals surface area contributed by atoms with Gasteiger partial charge >= 0.3 is 0 Å². The Morgan fingerprint density at radius 1 is 1.11 bits per heavy atom. The van der Waals surface area contributed by atoms with Gasteiger partial charge < -0.3 is 15.5 Å². The topological polar surface area (TPSA) is 44.4 Å². The van der Waals surface area contributed by atoms with Crippen molar-refractivity contribution >= 4 is 52.3 Å². The standard InChI is InChI=1S/C20H24ClN3OS2/c1-24(2)19(25)16-6-10-18(11-7-16)23-20(26)22-12-3-13-27-14-15-4-8-17(21)9-5-15/h4-11H,3,12-14H2,1-2H3,(H2,22,23,26). The van der Waals surface area contributed by atoms with Gasteiger partial charge in [0.2, 0.25) is 0 Å². The van der Waals surface area contributed by atoms with Crippen LogP contribution in [0.25, 0.3) is 0 Å². The lowest BCUT2D eigenvalue weighted by Gasteiger charge is -2.12. The largest absolute Gasteiger partial charge is 0.362 e. The van der Waals surface area contributed by atoms with Gasteiger partial charge in [-0.1, -0.05) is 23.7 Å². The third-order valence-electron chi connectivity index (χ3n) is 3.73. The van der Waals surface area contributed by atoms with E-state index in [1.165, 1.54) is 5.56 Å². The highest BCUT2D eigenvalue weighted by molar-refractivity contribution is 7.98. The number of thiocarbonyl (C=S) groups is 1. The summed E-state index contributed by atoms with van der Waals surface area (Å²) in [6.45, 7) is 0.816. The second-order valence-electron chi connectivity index (χ2n) is 6.19. The van der Waals surface area contributed by atoms with Crippen LogP contribution in [0.5, 0.6) is 0 Å². The van der Waals surface area contributed by atoms with Crippen LogP contribution in [0.1, 0.15) is 22.3 Å². The van der Waals surface area contributed by atoms with E-state index in [1.54, 1.807) is 31.1 Å². The summed E-state index contributed by atoms with van der Waals surface area (Å²) in [5.41, 5.74) is 2.80. The van der Waals surface area contributed by atoms with Gasteiger partial charge in [0.05, 0.1) is 0 Å². The summed E-state index contributed by atoms with van der Waals surface area (Å²) >= 11 is 13.1. The number of hydrogen-bond acceptors (Lipinski definition) is 3. The average Bonchev–Trinajstić information content (AvgIpc) is 2.66. The summed E-state index contributed by atoms with van der Waals surface area (Å²) in [5.74, 6) is 2.02. The summed E-state index contributed by atoms with van der Waals surface area (Å²) in [7, 11) is 3.47. The lowest BCUT2D eigenvalue weighted by Crippen LogP contribution is -2.29. The van der Waals surface area contributed by atoms with Crippen LogP contribution < -0.4 is 10.6 Å². The van der Waals surface area contributed by atoms with Gasteiger partial charge in [-0.3, -0.25) is 4.79 Å². The van der Waals surface area contributed by atoms with Gasteiger partial charge in [0.1, 0.15) is 0 Å². The van der Waals surface area contributed by atoms with E-state index in [0.717, 1.165) is 35.2 Å². The first-order chi connectivity index (χ1) is 13.0. The molecule has 2 aromatic carbocycles. The van der Waals surface area contributed by atoms with Crippen molar-refractivity contribution in [1.82, 2.24) is 10.2 Å². The molecule has 0 unspecified atom stereocenters. The third kappa shape index (κ3) is 7.79. The second-order valence-corrected chi connectivity index (χ2v) is 8.14. The Labute approximate surface area is 175 Å². The molecule has 0 spiro atoms. The number of amides is 1. The number of anilines is 1. The van der Waals surface area contributed by atoms with Crippen molar-refractivity contribution in [2.45, 2.75) is 12.2 Å². The van der Waals surface area contributed by atoms with Gasteiger partial charge in [-0.2, -0.15) is 11.8 Å². The fourth-order valence-electron chi connectivity index (χ4n) is 2.28. The highest BCUT2D eigenvalue weighted by Crippen LogP contribution is 2.16. The zero-order chi connectivity index (χ0) is 19.6. The van der Waals surface area contributed by atoms with Crippen LogP contribution in [-0.4, -0.2) is 42.3 Å². The number of halogens is 1. The monoisotopic (exact) mass is 421 g/mol. The van der Waals surface area contributed by atoms with Crippen LogP contribution in [-0.2, 0) is 5.75 Å².